The van der Waals surface area contributed by atoms with Crippen LogP contribution in [0.25, 0.3) is 6.08 Å². The van der Waals surface area contributed by atoms with Crippen molar-refractivity contribution in [1.29, 1.82) is 0 Å². The van der Waals surface area contributed by atoms with E-state index in [4.69, 9.17) is 11.6 Å². The summed E-state index contributed by atoms with van der Waals surface area (Å²) in [5.74, 6) is -0.0968. The molecule has 0 saturated carbocycles. The lowest BCUT2D eigenvalue weighted by Crippen LogP contribution is -2.23. The van der Waals surface area contributed by atoms with Gasteiger partial charge in [-0.15, -0.1) is 0 Å². The third-order valence-corrected chi connectivity index (χ3v) is 2.97. The predicted octanol–water partition coefficient (Wildman–Crippen LogP) is 2.76. The van der Waals surface area contributed by atoms with Crippen LogP contribution in [0, 0.1) is 0 Å². The van der Waals surface area contributed by atoms with E-state index in [1.165, 1.54) is 6.08 Å². The maximum atomic E-state index is 11.6. The molecule has 0 spiro atoms. The van der Waals surface area contributed by atoms with E-state index in [2.05, 4.69) is 10.4 Å². The molecule has 0 aliphatic carbocycles. The van der Waals surface area contributed by atoms with Crippen molar-refractivity contribution >= 4 is 23.6 Å². The monoisotopic (exact) mass is 289 g/mol. The van der Waals surface area contributed by atoms with Crippen molar-refractivity contribution < 1.29 is 4.79 Å². The molecule has 0 fully saturated rings. The molecule has 0 atom stereocenters. The molecule has 5 heteroatoms. The van der Waals surface area contributed by atoms with Crippen LogP contribution in [0.2, 0.25) is 5.02 Å². The summed E-state index contributed by atoms with van der Waals surface area (Å²) < 4.78 is 1.84. The summed E-state index contributed by atoms with van der Waals surface area (Å²) in [5, 5.41) is 7.61. The normalized spacial score (nSPS) is 10.8. The molecule has 0 unspecified atom stereocenters. The molecule has 20 heavy (non-hydrogen) atoms. The smallest absolute Gasteiger partial charge is 0.244 e. The zero-order valence-electron chi connectivity index (χ0n) is 11.0. The van der Waals surface area contributed by atoms with Gasteiger partial charge in [-0.1, -0.05) is 23.7 Å². The Kier molecular flexibility index (Phi) is 5.38. The zero-order valence-corrected chi connectivity index (χ0v) is 11.8. The number of nitrogens with one attached hydrogen (secondary N) is 1. The van der Waals surface area contributed by atoms with E-state index in [1.54, 1.807) is 24.4 Å². The van der Waals surface area contributed by atoms with Gasteiger partial charge in [-0.05, 0) is 36.3 Å². The maximum Gasteiger partial charge on any atom is 0.244 e. The summed E-state index contributed by atoms with van der Waals surface area (Å²) in [4.78, 5) is 11.6. The molecular weight excluding hydrogens is 274 g/mol. The topological polar surface area (TPSA) is 46.9 Å². The van der Waals surface area contributed by atoms with Gasteiger partial charge in [0.25, 0.3) is 0 Å². The van der Waals surface area contributed by atoms with Crippen molar-refractivity contribution in [3.8, 4) is 0 Å². The van der Waals surface area contributed by atoms with Gasteiger partial charge in [0.1, 0.15) is 0 Å². The summed E-state index contributed by atoms with van der Waals surface area (Å²) in [7, 11) is 0. The minimum atomic E-state index is -0.0968. The summed E-state index contributed by atoms with van der Waals surface area (Å²) >= 11 is 5.79. The number of hydrogen-bond donors (Lipinski definition) is 1. The van der Waals surface area contributed by atoms with Crippen molar-refractivity contribution in [2.75, 3.05) is 6.54 Å². The molecule has 1 aromatic carbocycles. The first kappa shape index (κ1) is 14.3. The predicted molar refractivity (Wildman–Crippen MR) is 80.3 cm³/mol. The number of carbonyl (C=O) groups excluding carboxylic acids is 1. The highest BCUT2D eigenvalue weighted by molar-refractivity contribution is 6.30. The molecule has 104 valence electrons. The third kappa shape index (κ3) is 4.90. The van der Waals surface area contributed by atoms with Gasteiger partial charge in [-0.2, -0.15) is 5.10 Å². The molecular formula is C15H16ClN3O. The first-order valence-electron chi connectivity index (χ1n) is 6.43. The molecule has 1 aromatic heterocycles. The number of aromatic nitrogens is 2. The average molecular weight is 290 g/mol. The fourth-order valence-electron chi connectivity index (χ4n) is 1.69. The second kappa shape index (κ2) is 7.50. The quantitative estimate of drug-likeness (QED) is 0.656. The Balaban J connectivity index is 1.68. The molecule has 0 aliphatic rings. The largest absolute Gasteiger partial charge is 0.352 e. The maximum absolute atomic E-state index is 11.6. The number of carbonyl (C=O) groups is 1. The number of aryl methyl sites for hydroxylation is 1. The second-order valence-electron chi connectivity index (χ2n) is 4.30. The molecule has 1 N–H and O–H groups in total. The van der Waals surface area contributed by atoms with Crippen LogP contribution in [-0.4, -0.2) is 22.2 Å². The first-order chi connectivity index (χ1) is 9.74. The standard InChI is InChI=1S/C15H16ClN3O/c16-14-6-3-13(4-7-14)5-8-15(20)17-9-1-11-19-12-2-10-18-19/h2-8,10,12H,1,9,11H2,(H,17,20)/b8-5+. The van der Waals surface area contributed by atoms with Crippen molar-refractivity contribution in [2.24, 2.45) is 0 Å². The van der Waals surface area contributed by atoms with Crippen molar-refractivity contribution in [1.82, 2.24) is 15.1 Å². The van der Waals surface area contributed by atoms with Gasteiger partial charge in [-0.3, -0.25) is 9.48 Å². The summed E-state index contributed by atoms with van der Waals surface area (Å²) in [5.41, 5.74) is 0.945. The first-order valence-corrected chi connectivity index (χ1v) is 6.81. The van der Waals surface area contributed by atoms with Gasteiger partial charge in [0.15, 0.2) is 0 Å². The molecule has 1 heterocycles. The second-order valence-corrected chi connectivity index (χ2v) is 4.74. The minimum absolute atomic E-state index is 0.0968. The van der Waals surface area contributed by atoms with Crippen molar-refractivity contribution in [2.45, 2.75) is 13.0 Å². The van der Waals surface area contributed by atoms with Gasteiger partial charge < -0.3 is 5.32 Å². The van der Waals surface area contributed by atoms with E-state index in [0.717, 1.165) is 18.5 Å². The lowest BCUT2D eigenvalue weighted by atomic mass is 10.2. The van der Waals surface area contributed by atoms with Gasteiger partial charge in [0.2, 0.25) is 5.91 Å². The van der Waals surface area contributed by atoms with E-state index < -0.39 is 0 Å². The van der Waals surface area contributed by atoms with Crippen LogP contribution in [-0.2, 0) is 11.3 Å². The Bertz CT molecular complexity index is 561. The van der Waals surface area contributed by atoms with Crippen LogP contribution in [0.5, 0.6) is 0 Å². The van der Waals surface area contributed by atoms with E-state index in [9.17, 15) is 4.79 Å². The van der Waals surface area contributed by atoms with Crippen molar-refractivity contribution in [3.05, 3.63) is 59.4 Å². The van der Waals surface area contributed by atoms with Crippen LogP contribution in [0.3, 0.4) is 0 Å². The molecule has 2 aromatic rings. The average Bonchev–Trinajstić information content (AvgIpc) is 2.96. The fraction of sp³-hybridized carbons (Fsp3) is 0.200. The summed E-state index contributed by atoms with van der Waals surface area (Å²) in [6.07, 6.45) is 7.79. The minimum Gasteiger partial charge on any atom is -0.352 e. The molecule has 0 radical (unpaired) electrons. The summed E-state index contributed by atoms with van der Waals surface area (Å²) in [6, 6.07) is 9.20. The number of rotatable bonds is 6. The lowest BCUT2D eigenvalue weighted by molar-refractivity contribution is -0.116. The number of halogens is 1. The Labute approximate surface area is 123 Å². The van der Waals surface area contributed by atoms with Crippen LogP contribution >= 0.6 is 11.6 Å². The third-order valence-electron chi connectivity index (χ3n) is 2.72. The van der Waals surface area contributed by atoms with Gasteiger partial charge in [0.05, 0.1) is 0 Å². The van der Waals surface area contributed by atoms with Crippen LogP contribution in [0.4, 0.5) is 0 Å². The summed E-state index contributed by atoms with van der Waals surface area (Å²) in [6.45, 7) is 1.43. The van der Waals surface area contributed by atoms with E-state index >= 15 is 0 Å². The van der Waals surface area contributed by atoms with E-state index in [1.807, 2.05) is 29.1 Å². The number of benzene rings is 1. The van der Waals surface area contributed by atoms with Crippen LogP contribution < -0.4 is 5.32 Å². The zero-order chi connectivity index (χ0) is 14.2. The fourth-order valence-corrected chi connectivity index (χ4v) is 1.82. The lowest BCUT2D eigenvalue weighted by Gasteiger charge is -2.02. The van der Waals surface area contributed by atoms with Gasteiger partial charge in [-0.25, -0.2) is 0 Å². The Hall–Kier alpha value is -2.07. The van der Waals surface area contributed by atoms with Crippen LogP contribution in [0.15, 0.2) is 48.8 Å². The number of hydrogen-bond acceptors (Lipinski definition) is 2. The molecule has 0 saturated heterocycles. The highest BCUT2D eigenvalue weighted by Crippen LogP contribution is 2.10. The molecule has 1 amide bonds. The highest BCUT2D eigenvalue weighted by Gasteiger charge is 1.96. The van der Waals surface area contributed by atoms with E-state index in [0.29, 0.717) is 11.6 Å². The molecule has 2 rings (SSSR count). The molecule has 0 aliphatic heterocycles. The Morgan fingerprint density at radius 3 is 2.85 bits per heavy atom. The van der Waals surface area contributed by atoms with Crippen LogP contribution in [0.1, 0.15) is 12.0 Å². The molecule has 0 bridgehead atoms. The number of amides is 1. The van der Waals surface area contributed by atoms with Gasteiger partial charge in [0, 0.05) is 36.6 Å². The van der Waals surface area contributed by atoms with Crippen molar-refractivity contribution in [3.63, 3.8) is 0 Å². The van der Waals surface area contributed by atoms with Gasteiger partial charge >= 0.3 is 0 Å². The number of nitrogens with zero attached hydrogens (tertiary/aromatic N) is 2. The Morgan fingerprint density at radius 1 is 1.35 bits per heavy atom. The van der Waals surface area contributed by atoms with E-state index in [-0.39, 0.29) is 5.91 Å². The SMILES string of the molecule is O=C(/C=C/c1ccc(Cl)cc1)NCCCn1cccn1. The molecule has 4 nitrogen and oxygen atoms in total. The Morgan fingerprint density at radius 2 is 2.15 bits per heavy atom. The highest BCUT2D eigenvalue weighted by atomic mass is 35.5.